The van der Waals surface area contributed by atoms with E-state index < -0.39 is 0 Å². The number of aryl methyl sites for hydroxylation is 1. The summed E-state index contributed by atoms with van der Waals surface area (Å²) in [6, 6.07) is 5.84. The quantitative estimate of drug-likeness (QED) is 0.666. The van der Waals surface area contributed by atoms with Crippen LogP contribution < -0.4 is 15.1 Å². The zero-order chi connectivity index (χ0) is 21.2. The Morgan fingerprint density at radius 3 is 2.65 bits per heavy atom. The molecule has 2 aliphatic rings. The Kier molecular flexibility index (Phi) is 5.21. The van der Waals surface area contributed by atoms with Crippen LogP contribution in [-0.2, 0) is 9.53 Å². The van der Waals surface area contributed by atoms with Gasteiger partial charge in [-0.3, -0.25) is 4.79 Å². The number of carbonyl (C=O) groups excluding carboxylic acids is 1. The van der Waals surface area contributed by atoms with Crippen LogP contribution in [0.15, 0.2) is 35.1 Å². The van der Waals surface area contributed by atoms with Crippen molar-refractivity contribution in [3.63, 3.8) is 0 Å². The molecule has 0 bridgehead atoms. The molecule has 1 N–H and O–H groups in total. The molecule has 5 heterocycles. The van der Waals surface area contributed by atoms with Gasteiger partial charge in [-0.2, -0.15) is 0 Å². The largest absolute Gasteiger partial charge is 0.378 e. The number of anilines is 2. The Bertz CT molecular complexity index is 1080. The van der Waals surface area contributed by atoms with Crippen LogP contribution in [0.5, 0.6) is 0 Å². The molecule has 3 aromatic heterocycles. The maximum absolute atomic E-state index is 11.8. The van der Waals surface area contributed by atoms with Crippen LogP contribution in [0, 0.1) is 6.92 Å². The molecule has 10 heteroatoms. The fourth-order valence-electron chi connectivity index (χ4n) is 3.73. The van der Waals surface area contributed by atoms with E-state index in [1.54, 1.807) is 6.20 Å². The third-order valence-electron chi connectivity index (χ3n) is 5.35. The summed E-state index contributed by atoms with van der Waals surface area (Å²) in [6.45, 7) is 6.37. The molecule has 0 unspecified atom stereocenters. The molecular weight excluding hydrogens is 398 g/mol. The van der Waals surface area contributed by atoms with Crippen molar-refractivity contribution in [2.75, 3.05) is 55.7 Å². The monoisotopic (exact) mass is 421 g/mol. The summed E-state index contributed by atoms with van der Waals surface area (Å²) in [4.78, 5) is 29.9. The van der Waals surface area contributed by atoms with Crippen molar-refractivity contribution in [3.05, 3.63) is 36.3 Å². The number of hydrogen-bond acceptors (Lipinski definition) is 9. The smallest absolute Gasteiger partial charge is 0.239 e. The van der Waals surface area contributed by atoms with Gasteiger partial charge in [0.15, 0.2) is 5.76 Å². The van der Waals surface area contributed by atoms with E-state index >= 15 is 0 Å². The van der Waals surface area contributed by atoms with Crippen molar-refractivity contribution in [3.8, 4) is 22.6 Å². The van der Waals surface area contributed by atoms with Crippen LogP contribution in [0.3, 0.4) is 0 Å². The lowest BCUT2D eigenvalue weighted by atomic mass is 10.1. The topological polar surface area (TPSA) is 110 Å². The molecule has 0 aliphatic carbocycles. The number of amides is 1. The minimum atomic E-state index is -0.0390. The predicted molar refractivity (Wildman–Crippen MR) is 114 cm³/mol. The first-order valence-corrected chi connectivity index (χ1v) is 10.3. The molecule has 1 amide bonds. The lowest BCUT2D eigenvalue weighted by Crippen LogP contribution is -2.48. The lowest BCUT2D eigenvalue weighted by molar-refractivity contribution is -0.120. The van der Waals surface area contributed by atoms with Gasteiger partial charge in [-0.1, -0.05) is 5.16 Å². The minimum Gasteiger partial charge on any atom is -0.378 e. The number of morpholine rings is 1. The first-order chi connectivity index (χ1) is 15.2. The van der Waals surface area contributed by atoms with Gasteiger partial charge in [0.2, 0.25) is 11.9 Å². The van der Waals surface area contributed by atoms with E-state index in [4.69, 9.17) is 14.2 Å². The Hall–Kier alpha value is -3.53. The summed E-state index contributed by atoms with van der Waals surface area (Å²) in [5.41, 5.74) is 3.03. The van der Waals surface area contributed by atoms with Crippen LogP contribution in [0.2, 0.25) is 0 Å². The van der Waals surface area contributed by atoms with E-state index in [0.29, 0.717) is 43.7 Å². The van der Waals surface area contributed by atoms with Gasteiger partial charge >= 0.3 is 0 Å². The summed E-state index contributed by atoms with van der Waals surface area (Å²) < 4.78 is 10.9. The van der Waals surface area contributed by atoms with Crippen LogP contribution in [0.25, 0.3) is 22.6 Å². The zero-order valence-corrected chi connectivity index (χ0v) is 17.2. The highest BCUT2D eigenvalue weighted by atomic mass is 16.5. The average Bonchev–Trinajstić information content (AvgIpc) is 3.25. The highest BCUT2D eigenvalue weighted by Crippen LogP contribution is 2.32. The number of hydrogen-bond donors (Lipinski definition) is 1. The summed E-state index contributed by atoms with van der Waals surface area (Å²) in [6.07, 6.45) is 3.53. The van der Waals surface area contributed by atoms with Gasteiger partial charge in [0.1, 0.15) is 5.82 Å². The number of ether oxygens (including phenoxy) is 1. The molecule has 31 heavy (non-hydrogen) atoms. The Morgan fingerprint density at radius 2 is 1.94 bits per heavy atom. The highest BCUT2D eigenvalue weighted by Gasteiger charge is 2.22. The van der Waals surface area contributed by atoms with Gasteiger partial charge in [-0.05, 0) is 19.1 Å². The van der Waals surface area contributed by atoms with Crippen molar-refractivity contribution in [2.24, 2.45) is 0 Å². The number of rotatable bonds is 4. The van der Waals surface area contributed by atoms with E-state index in [1.165, 1.54) is 0 Å². The number of aromatic nitrogens is 4. The Morgan fingerprint density at radius 1 is 1.06 bits per heavy atom. The van der Waals surface area contributed by atoms with E-state index in [1.807, 2.05) is 36.2 Å². The van der Waals surface area contributed by atoms with Gasteiger partial charge in [-0.25, -0.2) is 15.0 Å². The van der Waals surface area contributed by atoms with E-state index in [2.05, 4.69) is 25.3 Å². The van der Waals surface area contributed by atoms with Gasteiger partial charge in [0.05, 0.1) is 36.7 Å². The lowest BCUT2D eigenvalue weighted by Gasteiger charge is -2.28. The van der Waals surface area contributed by atoms with Crippen molar-refractivity contribution < 1.29 is 14.1 Å². The molecule has 5 rings (SSSR count). The maximum atomic E-state index is 11.8. The highest BCUT2D eigenvalue weighted by molar-refractivity contribution is 5.83. The molecule has 160 valence electrons. The first kappa shape index (κ1) is 19.4. The van der Waals surface area contributed by atoms with Gasteiger partial charge < -0.3 is 24.4 Å². The second-order valence-corrected chi connectivity index (χ2v) is 7.54. The van der Waals surface area contributed by atoms with E-state index in [0.717, 1.165) is 35.7 Å². The number of carbonyl (C=O) groups is 1. The molecule has 0 spiro atoms. The van der Waals surface area contributed by atoms with Crippen LogP contribution in [0.4, 0.5) is 11.8 Å². The molecule has 2 saturated heterocycles. The second-order valence-electron chi connectivity index (χ2n) is 7.54. The van der Waals surface area contributed by atoms with Crippen molar-refractivity contribution in [1.82, 2.24) is 25.4 Å². The Balaban J connectivity index is 1.52. The SMILES string of the molecule is Cc1cc(-c2cnc(N3CCNC(=O)C3)nc2-c2ccc(N3CCOCC3)nc2)on1. The summed E-state index contributed by atoms with van der Waals surface area (Å²) in [5, 5.41) is 6.82. The Labute approximate surface area is 179 Å². The fourth-order valence-corrected chi connectivity index (χ4v) is 3.73. The van der Waals surface area contributed by atoms with Crippen LogP contribution in [0.1, 0.15) is 5.69 Å². The molecule has 10 nitrogen and oxygen atoms in total. The van der Waals surface area contributed by atoms with Crippen LogP contribution >= 0.6 is 0 Å². The molecule has 3 aromatic rings. The fraction of sp³-hybridized carbons (Fsp3) is 0.381. The summed E-state index contributed by atoms with van der Waals surface area (Å²) in [5.74, 6) is 1.96. The number of nitrogens with zero attached hydrogens (tertiary/aromatic N) is 6. The van der Waals surface area contributed by atoms with Gasteiger partial charge in [-0.15, -0.1) is 0 Å². The first-order valence-electron chi connectivity index (χ1n) is 10.3. The third-order valence-corrected chi connectivity index (χ3v) is 5.35. The molecule has 0 radical (unpaired) electrons. The number of nitrogens with one attached hydrogen (secondary N) is 1. The zero-order valence-electron chi connectivity index (χ0n) is 17.2. The predicted octanol–water partition coefficient (Wildman–Crippen LogP) is 1.27. The molecule has 0 aromatic carbocycles. The van der Waals surface area contributed by atoms with Gasteiger partial charge in [0.25, 0.3) is 0 Å². The van der Waals surface area contributed by atoms with E-state index in [-0.39, 0.29) is 12.5 Å². The normalized spacial score (nSPS) is 17.0. The standard InChI is InChI=1S/C21H23N7O3/c1-14-10-17(31-26-14)16-12-24-21(28-5-4-22-19(29)13-28)25-20(16)15-2-3-18(23-11-15)27-6-8-30-9-7-27/h2-3,10-12H,4-9,13H2,1H3,(H,22,29). The van der Waals surface area contributed by atoms with Crippen molar-refractivity contribution >= 4 is 17.7 Å². The molecule has 0 atom stereocenters. The number of piperazine rings is 1. The molecule has 2 aliphatic heterocycles. The summed E-state index contributed by atoms with van der Waals surface area (Å²) >= 11 is 0. The summed E-state index contributed by atoms with van der Waals surface area (Å²) in [7, 11) is 0. The van der Waals surface area contributed by atoms with Gasteiger partial charge in [0, 0.05) is 50.2 Å². The second kappa shape index (κ2) is 8.31. The average molecular weight is 421 g/mol. The molecule has 0 saturated carbocycles. The van der Waals surface area contributed by atoms with Crippen molar-refractivity contribution in [2.45, 2.75) is 6.92 Å². The number of pyridine rings is 1. The minimum absolute atomic E-state index is 0.0390. The van der Waals surface area contributed by atoms with Crippen LogP contribution in [-0.4, -0.2) is 72.0 Å². The van der Waals surface area contributed by atoms with E-state index in [9.17, 15) is 4.79 Å². The van der Waals surface area contributed by atoms with Crippen molar-refractivity contribution in [1.29, 1.82) is 0 Å². The molecular formula is C21H23N7O3. The maximum Gasteiger partial charge on any atom is 0.239 e. The molecule has 2 fully saturated rings. The third kappa shape index (κ3) is 4.06.